The largest absolute Gasteiger partial charge is 0.500 e. The Kier molecular flexibility index (Phi) is 2.26. The molecule has 74 valence electrons. The molecule has 2 heteroatoms. The van der Waals surface area contributed by atoms with Gasteiger partial charge in [0.15, 0.2) is 0 Å². The van der Waals surface area contributed by atoms with Crippen molar-refractivity contribution in [1.82, 2.24) is 0 Å². The van der Waals surface area contributed by atoms with Crippen LogP contribution in [-0.2, 0) is 4.74 Å². The lowest BCUT2D eigenvalue weighted by atomic mass is 9.88. The second kappa shape index (κ2) is 3.16. The van der Waals surface area contributed by atoms with Gasteiger partial charge in [-0.2, -0.15) is 0 Å². The van der Waals surface area contributed by atoms with Gasteiger partial charge in [-0.15, -0.1) is 0 Å². The summed E-state index contributed by atoms with van der Waals surface area (Å²) in [6.45, 7) is 7.11. The third kappa shape index (κ3) is 1.83. The monoisotopic (exact) mass is 196 g/mol. The highest BCUT2D eigenvalue weighted by Crippen LogP contribution is 2.37. The third-order valence-corrected chi connectivity index (χ3v) is 4.90. The van der Waals surface area contributed by atoms with Gasteiger partial charge in [-0.3, -0.25) is 0 Å². The van der Waals surface area contributed by atoms with Crippen LogP contribution in [0.3, 0.4) is 0 Å². The summed E-state index contributed by atoms with van der Waals surface area (Å²) >= 11 is 0. The molecule has 0 spiro atoms. The van der Waals surface area contributed by atoms with E-state index < -0.39 is 8.07 Å². The van der Waals surface area contributed by atoms with Gasteiger partial charge >= 0.3 is 0 Å². The third-order valence-electron chi connectivity index (χ3n) is 3.14. The molecule has 1 heterocycles. The molecule has 0 amide bonds. The second-order valence-corrected chi connectivity index (χ2v) is 10.4. The zero-order chi connectivity index (χ0) is 9.47. The van der Waals surface area contributed by atoms with Crippen LogP contribution in [0.25, 0.3) is 0 Å². The van der Waals surface area contributed by atoms with Gasteiger partial charge in [-0.25, -0.2) is 0 Å². The van der Waals surface area contributed by atoms with Crippen molar-refractivity contribution >= 4 is 8.07 Å². The van der Waals surface area contributed by atoms with E-state index in [0.717, 1.165) is 5.92 Å². The maximum atomic E-state index is 6.05. The minimum Gasteiger partial charge on any atom is -0.500 e. The lowest BCUT2D eigenvalue weighted by Gasteiger charge is -2.25. The number of fused-ring (bicyclic) bond motifs is 1. The molecule has 13 heavy (non-hydrogen) atoms. The molecule has 0 bridgehead atoms. The maximum Gasteiger partial charge on any atom is 0.122 e. The van der Waals surface area contributed by atoms with E-state index in [2.05, 4.69) is 25.7 Å². The van der Waals surface area contributed by atoms with E-state index in [4.69, 9.17) is 4.74 Å². The van der Waals surface area contributed by atoms with E-state index in [0.29, 0.717) is 6.10 Å². The first-order chi connectivity index (χ1) is 6.07. The Morgan fingerprint density at radius 3 is 2.54 bits per heavy atom. The number of hydrogen-bond donors (Lipinski definition) is 0. The highest BCUT2D eigenvalue weighted by Gasteiger charge is 2.36. The average Bonchev–Trinajstić information content (AvgIpc) is 2.45. The van der Waals surface area contributed by atoms with Crippen molar-refractivity contribution in [2.45, 2.75) is 51.4 Å². The van der Waals surface area contributed by atoms with Crippen LogP contribution in [-0.4, -0.2) is 14.2 Å². The molecule has 0 aromatic rings. The Hall–Kier alpha value is -0.243. The van der Waals surface area contributed by atoms with E-state index in [1.165, 1.54) is 31.1 Å². The van der Waals surface area contributed by atoms with Crippen LogP contribution in [0.2, 0.25) is 19.6 Å². The topological polar surface area (TPSA) is 9.23 Å². The van der Waals surface area contributed by atoms with Gasteiger partial charge in [-0.1, -0.05) is 26.1 Å². The van der Waals surface area contributed by atoms with Crippen LogP contribution in [0.5, 0.6) is 0 Å². The molecule has 0 saturated heterocycles. The number of rotatable bonds is 1. The van der Waals surface area contributed by atoms with Gasteiger partial charge in [-0.05, 0) is 25.3 Å². The van der Waals surface area contributed by atoms with Crippen LogP contribution in [0.15, 0.2) is 11.5 Å². The summed E-state index contributed by atoms with van der Waals surface area (Å²) in [6, 6.07) is 0. The fraction of sp³-hybridized carbons (Fsp3) is 0.818. The fourth-order valence-electron chi connectivity index (χ4n) is 2.29. The van der Waals surface area contributed by atoms with Crippen LogP contribution in [0.1, 0.15) is 25.7 Å². The van der Waals surface area contributed by atoms with Crippen molar-refractivity contribution < 1.29 is 4.74 Å². The lowest BCUT2D eigenvalue weighted by Crippen LogP contribution is -2.26. The van der Waals surface area contributed by atoms with Crippen molar-refractivity contribution in [3.8, 4) is 0 Å². The van der Waals surface area contributed by atoms with Gasteiger partial charge in [0.1, 0.15) is 14.2 Å². The van der Waals surface area contributed by atoms with Crippen molar-refractivity contribution in [1.29, 1.82) is 0 Å². The Morgan fingerprint density at radius 1 is 1.23 bits per heavy atom. The summed E-state index contributed by atoms with van der Waals surface area (Å²) in [5.74, 6) is 0.760. The van der Waals surface area contributed by atoms with Gasteiger partial charge in [0.05, 0.1) is 5.38 Å². The van der Waals surface area contributed by atoms with Crippen molar-refractivity contribution in [2.24, 2.45) is 5.92 Å². The minimum atomic E-state index is -1.17. The van der Waals surface area contributed by atoms with E-state index in [-0.39, 0.29) is 0 Å². The molecule has 1 saturated carbocycles. The fourth-order valence-corrected chi connectivity index (χ4v) is 3.51. The van der Waals surface area contributed by atoms with Crippen molar-refractivity contribution in [3.63, 3.8) is 0 Å². The van der Waals surface area contributed by atoms with Gasteiger partial charge < -0.3 is 4.74 Å². The molecule has 2 aliphatic rings. The van der Waals surface area contributed by atoms with E-state index in [1.807, 2.05) is 0 Å². The maximum absolute atomic E-state index is 6.05. The smallest absolute Gasteiger partial charge is 0.122 e. The van der Waals surface area contributed by atoms with Gasteiger partial charge in [0.25, 0.3) is 0 Å². The second-order valence-electron chi connectivity index (χ2n) is 5.39. The van der Waals surface area contributed by atoms with Crippen molar-refractivity contribution in [2.75, 3.05) is 0 Å². The molecule has 0 radical (unpaired) electrons. The van der Waals surface area contributed by atoms with Crippen LogP contribution < -0.4 is 0 Å². The van der Waals surface area contributed by atoms with E-state index >= 15 is 0 Å². The standard InChI is InChI=1S/C11H20OSi/c1-13(2,3)11-8-9-6-4-5-7-10(9)12-11/h8-10H,4-7H2,1-3H3. The average molecular weight is 196 g/mol. The predicted molar refractivity (Wildman–Crippen MR) is 58.3 cm³/mol. The SMILES string of the molecule is C[Si](C)(C)C1=CC2CCCCC2O1. The molecular weight excluding hydrogens is 176 g/mol. The lowest BCUT2D eigenvalue weighted by molar-refractivity contribution is 0.0921. The molecule has 0 aromatic carbocycles. The molecular formula is C11H20OSi. The summed E-state index contributed by atoms with van der Waals surface area (Å²) in [6.07, 6.45) is 8.41. The Labute approximate surface area is 82.2 Å². The molecule has 0 N–H and O–H groups in total. The quantitative estimate of drug-likeness (QED) is 0.584. The van der Waals surface area contributed by atoms with Crippen LogP contribution >= 0.6 is 0 Å². The van der Waals surface area contributed by atoms with E-state index in [1.54, 1.807) is 0 Å². The molecule has 0 aromatic heterocycles. The molecule has 1 aliphatic heterocycles. The Balaban J connectivity index is 2.09. The molecule has 2 rings (SSSR count). The Bertz CT molecular complexity index is 227. The zero-order valence-corrected chi connectivity index (χ0v) is 9.97. The minimum absolute atomic E-state index is 0.551. The van der Waals surface area contributed by atoms with Gasteiger partial charge in [0.2, 0.25) is 0 Å². The number of hydrogen-bond acceptors (Lipinski definition) is 1. The number of ether oxygens (including phenoxy) is 1. The zero-order valence-electron chi connectivity index (χ0n) is 8.97. The summed E-state index contributed by atoms with van der Waals surface area (Å²) in [5, 5.41) is 1.37. The molecule has 1 nitrogen and oxygen atoms in total. The van der Waals surface area contributed by atoms with Gasteiger partial charge in [0, 0.05) is 5.92 Å². The predicted octanol–water partition coefficient (Wildman–Crippen LogP) is 3.34. The Morgan fingerprint density at radius 2 is 1.92 bits per heavy atom. The van der Waals surface area contributed by atoms with E-state index in [9.17, 15) is 0 Å². The highest BCUT2D eigenvalue weighted by atomic mass is 28.3. The molecule has 1 fully saturated rings. The first kappa shape index (κ1) is 9.32. The van der Waals surface area contributed by atoms with Crippen LogP contribution in [0, 0.1) is 5.92 Å². The first-order valence-corrected chi connectivity index (χ1v) is 8.96. The summed E-state index contributed by atoms with van der Waals surface area (Å²) in [7, 11) is -1.17. The molecule has 2 unspecified atom stereocenters. The van der Waals surface area contributed by atoms with Crippen LogP contribution in [0.4, 0.5) is 0 Å². The first-order valence-electron chi connectivity index (χ1n) is 5.46. The van der Waals surface area contributed by atoms with Crippen molar-refractivity contribution in [3.05, 3.63) is 11.5 Å². The highest BCUT2D eigenvalue weighted by molar-refractivity contribution is 6.82. The summed E-state index contributed by atoms with van der Waals surface area (Å²) < 4.78 is 6.05. The normalized spacial score (nSPS) is 33.6. The summed E-state index contributed by atoms with van der Waals surface area (Å²) in [5.41, 5.74) is 0. The molecule has 2 atom stereocenters. The summed E-state index contributed by atoms with van der Waals surface area (Å²) in [4.78, 5) is 0. The molecule has 1 aliphatic carbocycles.